The number of rotatable bonds is 1. The fraction of sp³-hybridized carbons (Fsp3) is 0.462. The Kier molecular flexibility index (Phi) is 11.9. The van der Waals surface area contributed by atoms with Crippen molar-refractivity contribution in [2.45, 2.75) is 20.8 Å². The van der Waals surface area contributed by atoms with Crippen LogP contribution in [0, 0.1) is 6.92 Å². The van der Waals surface area contributed by atoms with E-state index in [4.69, 9.17) is 0 Å². The van der Waals surface area contributed by atoms with Crippen molar-refractivity contribution in [3.8, 4) is 0 Å². The van der Waals surface area contributed by atoms with Crippen molar-refractivity contribution in [2.24, 2.45) is 0 Å². The van der Waals surface area contributed by atoms with Crippen molar-refractivity contribution in [1.29, 1.82) is 0 Å². The minimum Gasteiger partial charge on any atom is -0.312 e. The van der Waals surface area contributed by atoms with Gasteiger partial charge in [0.1, 0.15) is 6.29 Å². The standard InChI is InChI=1S/C8H8O.C3H9N.C2H6/c1-7-2-4-8(6-9)5-3-7;1-4(2)3;1-2/h2-6H,1H3;1-3H3;1-2H3. The highest BCUT2D eigenvalue weighted by Crippen LogP contribution is 1.98. The van der Waals surface area contributed by atoms with Crippen molar-refractivity contribution >= 4 is 6.29 Å². The number of hydrogen-bond donors (Lipinski definition) is 0. The van der Waals surface area contributed by atoms with Gasteiger partial charge in [-0.3, -0.25) is 4.79 Å². The quantitative estimate of drug-likeness (QED) is 0.663. The van der Waals surface area contributed by atoms with Gasteiger partial charge in [-0.1, -0.05) is 43.7 Å². The number of nitrogens with zero attached hydrogens (tertiary/aromatic N) is 1. The topological polar surface area (TPSA) is 20.3 Å². The molecule has 0 aliphatic rings. The molecule has 0 unspecified atom stereocenters. The van der Waals surface area contributed by atoms with E-state index in [-0.39, 0.29) is 0 Å². The summed E-state index contributed by atoms with van der Waals surface area (Å²) in [5.74, 6) is 0. The maximum absolute atomic E-state index is 10.1. The summed E-state index contributed by atoms with van der Waals surface area (Å²) in [5, 5.41) is 0. The Morgan fingerprint density at radius 1 is 1.00 bits per heavy atom. The Hall–Kier alpha value is -1.15. The predicted octanol–water partition coefficient (Wildman–Crippen LogP) is 3.01. The van der Waals surface area contributed by atoms with E-state index in [2.05, 4.69) is 0 Å². The van der Waals surface area contributed by atoms with Crippen LogP contribution in [0.25, 0.3) is 0 Å². The Morgan fingerprint density at radius 2 is 1.33 bits per heavy atom. The van der Waals surface area contributed by atoms with Gasteiger partial charge in [-0.2, -0.15) is 0 Å². The first kappa shape index (κ1) is 16.3. The molecule has 0 N–H and O–H groups in total. The van der Waals surface area contributed by atoms with Gasteiger partial charge in [0, 0.05) is 5.56 Å². The largest absolute Gasteiger partial charge is 0.312 e. The molecule has 0 spiro atoms. The first-order valence-electron chi connectivity index (χ1n) is 5.19. The summed E-state index contributed by atoms with van der Waals surface area (Å²) >= 11 is 0. The van der Waals surface area contributed by atoms with Gasteiger partial charge in [-0.05, 0) is 28.1 Å². The zero-order valence-electron chi connectivity index (χ0n) is 10.7. The number of benzene rings is 1. The smallest absolute Gasteiger partial charge is 0.150 e. The summed E-state index contributed by atoms with van der Waals surface area (Å²) < 4.78 is 0. The summed E-state index contributed by atoms with van der Waals surface area (Å²) in [6.07, 6.45) is 0.847. The van der Waals surface area contributed by atoms with E-state index in [9.17, 15) is 4.79 Å². The SMILES string of the molecule is CC.CN(C)C.Cc1ccc(C=O)cc1. The van der Waals surface area contributed by atoms with Gasteiger partial charge in [-0.15, -0.1) is 0 Å². The second kappa shape index (κ2) is 10.9. The second-order valence-electron chi connectivity index (χ2n) is 3.37. The van der Waals surface area contributed by atoms with E-state index < -0.39 is 0 Å². The van der Waals surface area contributed by atoms with E-state index in [1.54, 1.807) is 0 Å². The number of carbonyl (C=O) groups excluding carboxylic acids is 1. The third kappa shape index (κ3) is 12.8. The molecule has 0 radical (unpaired) electrons. The molecule has 0 saturated carbocycles. The monoisotopic (exact) mass is 209 g/mol. The van der Waals surface area contributed by atoms with Crippen LogP contribution in [0.15, 0.2) is 24.3 Å². The summed E-state index contributed by atoms with van der Waals surface area (Å²) in [5.41, 5.74) is 1.92. The van der Waals surface area contributed by atoms with Crippen LogP contribution in [0.2, 0.25) is 0 Å². The number of carbonyl (C=O) groups is 1. The van der Waals surface area contributed by atoms with E-state index in [1.807, 2.05) is 71.1 Å². The van der Waals surface area contributed by atoms with Gasteiger partial charge in [0.05, 0.1) is 0 Å². The van der Waals surface area contributed by atoms with Crippen molar-refractivity contribution in [2.75, 3.05) is 21.1 Å². The minimum atomic E-state index is 0.737. The van der Waals surface area contributed by atoms with Crippen molar-refractivity contribution in [1.82, 2.24) is 4.90 Å². The molecule has 0 aliphatic carbocycles. The summed E-state index contributed by atoms with van der Waals surface area (Å²) in [6.45, 7) is 5.99. The van der Waals surface area contributed by atoms with Crippen molar-refractivity contribution in [3.63, 3.8) is 0 Å². The van der Waals surface area contributed by atoms with Gasteiger partial charge in [0.25, 0.3) is 0 Å². The normalized spacial score (nSPS) is 8.20. The fourth-order valence-corrected chi connectivity index (χ4v) is 0.645. The lowest BCUT2D eigenvalue weighted by Gasteiger charge is -1.90. The third-order valence-corrected chi connectivity index (χ3v) is 1.21. The Labute approximate surface area is 93.9 Å². The van der Waals surface area contributed by atoms with Crippen molar-refractivity contribution in [3.05, 3.63) is 35.4 Å². The zero-order chi connectivity index (χ0) is 12.3. The predicted molar refractivity (Wildman–Crippen MR) is 67.5 cm³/mol. The van der Waals surface area contributed by atoms with Gasteiger partial charge < -0.3 is 4.90 Å². The number of hydrogen-bond acceptors (Lipinski definition) is 2. The molecule has 2 nitrogen and oxygen atoms in total. The summed E-state index contributed by atoms with van der Waals surface area (Å²) in [6, 6.07) is 7.46. The Morgan fingerprint density at radius 3 is 1.60 bits per heavy atom. The lowest BCUT2D eigenvalue weighted by Crippen LogP contribution is -1.99. The fourth-order valence-electron chi connectivity index (χ4n) is 0.645. The molecule has 0 aliphatic heterocycles. The van der Waals surface area contributed by atoms with Gasteiger partial charge in [-0.25, -0.2) is 0 Å². The van der Waals surface area contributed by atoms with E-state index in [1.165, 1.54) is 5.56 Å². The molecule has 0 heterocycles. The molecule has 1 aromatic carbocycles. The van der Waals surface area contributed by atoms with Gasteiger partial charge in [0.15, 0.2) is 0 Å². The van der Waals surface area contributed by atoms with Gasteiger partial charge in [0.2, 0.25) is 0 Å². The summed E-state index contributed by atoms with van der Waals surface area (Å²) in [7, 11) is 6.00. The molecular weight excluding hydrogens is 186 g/mol. The van der Waals surface area contributed by atoms with E-state index in [0.29, 0.717) is 0 Å². The van der Waals surface area contributed by atoms with Crippen LogP contribution < -0.4 is 0 Å². The lowest BCUT2D eigenvalue weighted by atomic mass is 10.2. The average Bonchev–Trinajstić information content (AvgIpc) is 2.21. The Balaban J connectivity index is 0. The maximum Gasteiger partial charge on any atom is 0.150 e. The zero-order valence-corrected chi connectivity index (χ0v) is 10.7. The van der Waals surface area contributed by atoms with Crippen LogP contribution >= 0.6 is 0 Å². The van der Waals surface area contributed by atoms with Crippen molar-refractivity contribution < 1.29 is 4.79 Å². The molecule has 0 atom stereocenters. The van der Waals surface area contributed by atoms with Crippen LogP contribution in [0.5, 0.6) is 0 Å². The molecule has 0 saturated heterocycles. The van der Waals surface area contributed by atoms with E-state index in [0.717, 1.165) is 11.8 Å². The van der Waals surface area contributed by atoms with Crippen LogP contribution in [0.3, 0.4) is 0 Å². The van der Waals surface area contributed by atoms with Gasteiger partial charge >= 0.3 is 0 Å². The highest BCUT2D eigenvalue weighted by Gasteiger charge is 1.85. The molecule has 0 fully saturated rings. The molecule has 15 heavy (non-hydrogen) atoms. The molecule has 2 heteroatoms. The number of aryl methyl sites for hydroxylation is 1. The Bertz CT molecular complexity index is 236. The lowest BCUT2D eigenvalue weighted by molar-refractivity contribution is 0.112. The first-order chi connectivity index (χ1) is 7.06. The average molecular weight is 209 g/mol. The highest BCUT2D eigenvalue weighted by molar-refractivity contribution is 5.74. The minimum absolute atomic E-state index is 0.737. The molecule has 0 aromatic heterocycles. The number of aldehydes is 1. The first-order valence-corrected chi connectivity index (χ1v) is 5.19. The molecular formula is C13H23NO. The third-order valence-electron chi connectivity index (χ3n) is 1.21. The second-order valence-corrected chi connectivity index (χ2v) is 3.37. The molecule has 0 amide bonds. The molecule has 1 rings (SSSR count). The molecule has 1 aromatic rings. The van der Waals surface area contributed by atoms with Crippen LogP contribution in [-0.4, -0.2) is 32.3 Å². The molecule has 86 valence electrons. The van der Waals surface area contributed by atoms with E-state index >= 15 is 0 Å². The molecule has 0 bridgehead atoms. The van der Waals surface area contributed by atoms with Crippen LogP contribution in [0.1, 0.15) is 29.8 Å². The maximum atomic E-state index is 10.1. The van der Waals surface area contributed by atoms with Crippen LogP contribution in [0.4, 0.5) is 0 Å². The highest BCUT2D eigenvalue weighted by atomic mass is 16.1. The van der Waals surface area contributed by atoms with Crippen LogP contribution in [-0.2, 0) is 0 Å². The summed E-state index contributed by atoms with van der Waals surface area (Å²) in [4.78, 5) is 12.1.